The maximum Gasteiger partial charge on any atom is 0.472 e. The summed E-state index contributed by atoms with van der Waals surface area (Å²) in [7, 11) is -9.82. The largest absolute Gasteiger partial charge is 0.472 e. The van der Waals surface area contributed by atoms with Crippen molar-refractivity contribution in [3.05, 3.63) is 194 Å². The van der Waals surface area contributed by atoms with Crippen LogP contribution in [0.2, 0.25) is 0 Å². The van der Waals surface area contributed by atoms with Gasteiger partial charge >= 0.3 is 33.6 Å². The summed E-state index contributed by atoms with van der Waals surface area (Å²) in [6.45, 7) is 2.45. The molecule has 0 aliphatic rings. The molecule has 0 aromatic heterocycles. The molecule has 0 fully saturated rings. The average Bonchev–Trinajstić information content (AvgIpc) is 0.908. The Morgan fingerprint density at radius 2 is 0.438 bits per heavy atom. The average molecular weight is 1730 g/mol. The van der Waals surface area contributed by atoms with Crippen molar-refractivity contribution in [2.75, 3.05) is 39.6 Å². The van der Waals surface area contributed by atoms with Gasteiger partial charge in [-0.3, -0.25) is 32.5 Å². The molecule has 0 spiro atoms. The molecule has 18 heteroatoms. The van der Waals surface area contributed by atoms with Gasteiger partial charge in [-0.05, 0) is 167 Å². The summed E-state index contributed by atoms with van der Waals surface area (Å²) in [6, 6.07) is 0. The quantitative estimate of drug-likeness (QED) is 0.0146. The fourth-order valence-electron chi connectivity index (χ4n) is 12.6. The Kier molecular flexibility index (Phi) is 89.2. The highest BCUT2D eigenvalue weighted by atomic mass is 31.2. The number of aliphatic hydroxyl groups excluding tert-OH is 2. The Balaban J connectivity index is 4.67. The van der Waals surface area contributed by atoms with Crippen molar-refractivity contribution in [3.63, 3.8) is 0 Å². The van der Waals surface area contributed by atoms with Crippen LogP contribution < -0.4 is 0 Å². The SMILES string of the molecule is CC/C=C\C/C=C\C/C=C\C/C=C\C/C=C\C/C=C\CCCCCCCCCCCCCCC(=O)OCC(O)COP(=O)(O)OCC(O)COP(=O)(O)OCC(COC(=O)CCCCCCCCCC/C=C\C/C=C\C/C=C\C/C=C\C/C=C\C/C=C\CC)OC(=O)CCCCCCCCCCCCC/C=C\C/C=C\C/C=C\C/C=C\CCCCC. The number of allylic oxidation sites excluding steroid dienone is 32. The van der Waals surface area contributed by atoms with E-state index in [9.17, 15) is 43.5 Å². The molecular formula is C103H172O16P2. The van der Waals surface area contributed by atoms with Gasteiger partial charge in [-0.25, -0.2) is 9.13 Å². The fourth-order valence-corrected chi connectivity index (χ4v) is 14.2. The number of ether oxygens (including phenoxy) is 3. The molecule has 16 nitrogen and oxygen atoms in total. The molecular weight excluding hydrogens is 1560 g/mol. The minimum absolute atomic E-state index is 0.0928. The Hall–Kier alpha value is -5.61. The first-order chi connectivity index (χ1) is 59.2. The lowest BCUT2D eigenvalue weighted by atomic mass is 10.0. The molecule has 0 heterocycles. The molecule has 5 unspecified atom stereocenters. The Labute approximate surface area is 737 Å². The second-order valence-electron chi connectivity index (χ2n) is 31.4. The predicted octanol–water partition coefficient (Wildman–Crippen LogP) is 29.8. The molecule has 0 aliphatic heterocycles. The molecule has 0 amide bonds. The standard InChI is InChI=1S/C103H172O16P2/c1-4-7-10-13-16-19-22-25-28-31-34-37-40-43-46-47-48-49-52-54-56-59-62-65-68-71-74-77-80-83-86-89-101(106)113-92-98(104)93-115-120(109,110)116-94-99(105)95-117-121(111,112)118-97-100(119-103(108)91-88-85-82-79-76-73-70-67-64-61-58-55-51-45-42-39-36-33-30-27-24-21-18-15-12-9-6-3)96-114-102(107)90-87-84-81-78-75-72-69-66-63-60-57-53-50-44-41-38-35-32-29-26-23-20-17-14-11-8-5-2/h7-8,10-11,16-21,25-30,34-39,43-46,48-51,57,60,98-100,104-105H,4-6,9,12-15,22-24,31-33,40-42,47,52-56,58-59,61-97H2,1-3H3,(H,109,110)(H,111,112)/b10-7-,11-8-,19-16-,20-17-,21-18-,28-25-,29-26-,30-27-,37-34-,38-35-,39-36-,46-43-,49-48-,50-44-,51-45-,60-57-. The summed E-state index contributed by atoms with van der Waals surface area (Å²) in [6.07, 6.45) is 125. The van der Waals surface area contributed by atoms with Crippen LogP contribution in [0.1, 0.15) is 380 Å². The molecule has 0 aromatic carbocycles. The van der Waals surface area contributed by atoms with Crippen molar-refractivity contribution in [3.8, 4) is 0 Å². The van der Waals surface area contributed by atoms with Crippen LogP contribution in [0, 0.1) is 0 Å². The minimum Gasteiger partial charge on any atom is -0.463 e. The van der Waals surface area contributed by atoms with Gasteiger partial charge < -0.3 is 34.2 Å². The van der Waals surface area contributed by atoms with Crippen LogP contribution in [0.25, 0.3) is 0 Å². The van der Waals surface area contributed by atoms with Gasteiger partial charge in [-0.15, -0.1) is 0 Å². The van der Waals surface area contributed by atoms with Crippen LogP contribution in [-0.4, -0.2) is 95.9 Å². The first-order valence-corrected chi connectivity index (χ1v) is 50.7. The van der Waals surface area contributed by atoms with Gasteiger partial charge in [0.2, 0.25) is 0 Å². The van der Waals surface area contributed by atoms with E-state index in [1.807, 2.05) is 0 Å². The number of hydrogen-bond acceptors (Lipinski definition) is 14. The smallest absolute Gasteiger partial charge is 0.463 e. The Morgan fingerprint density at radius 3 is 0.694 bits per heavy atom. The van der Waals surface area contributed by atoms with Crippen molar-refractivity contribution in [1.82, 2.24) is 0 Å². The van der Waals surface area contributed by atoms with Crippen molar-refractivity contribution < 1.29 is 75.8 Å². The Morgan fingerprint density at radius 1 is 0.240 bits per heavy atom. The monoisotopic (exact) mass is 1730 g/mol. The van der Waals surface area contributed by atoms with Crippen LogP contribution >= 0.6 is 15.6 Å². The number of carbonyl (C=O) groups is 3. The van der Waals surface area contributed by atoms with E-state index in [1.165, 1.54) is 122 Å². The first-order valence-electron chi connectivity index (χ1n) is 47.7. The molecule has 0 saturated carbocycles. The topological polar surface area (TPSA) is 231 Å². The van der Waals surface area contributed by atoms with Crippen LogP contribution in [0.15, 0.2) is 194 Å². The van der Waals surface area contributed by atoms with Gasteiger partial charge in [0.1, 0.15) is 25.4 Å². The lowest BCUT2D eigenvalue weighted by Gasteiger charge is -2.21. The third-order valence-electron chi connectivity index (χ3n) is 19.8. The molecule has 690 valence electrons. The molecule has 0 aromatic rings. The first kappa shape index (κ1) is 115. The summed E-state index contributed by atoms with van der Waals surface area (Å²) in [5, 5.41) is 20.8. The molecule has 0 radical (unpaired) electrons. The zero-order valence-corrected chi connectivity index (χ0v) is 77.9. The van der Waals surface area contributed by atoms with E-state index in [0.29, 0.717) is 19.3 Å². The zero-order valence-electron chi connectivity index (χ0n) is 76.1. The molecule has 0 aliphatic carbocycles. The summed E-state index contributed by atoms with van der Waals surface area (Å²) in [5.41, 5.74) is 0. The van der Waals surface area contributed by atoms with Crippen LogP contribution in [0.3, 0.4) is 0 Å². The van der Waals surface area contributed by atoms with E-state index in [2.05, 4.69) is 215 Å². The molecule has 0 rings (SSSR count). The highest BCUT2D eigenvalue weighted by Gasteiger charge is 2.30. The number of unbranched alkanes of at least 4 members (excludes halogenated alkanes) is 34. The van der Waals surface area contributed by atoms with Crippen LogP contribution in [0.5, 0.6) is 0 Å². The number of aliphatic hydroxyl groups is 2. The number of carbonyl (C=O) groups excluding carboxylic acids is 3. The van der Waals surface area contributed by atoms with E-state index in [4.69, 9.17) is 32.3 Å². The number of esters is 3. The number of rotatable bonds is 89. The van der Waals surface area contributed by atoms with Crippen molar-refractivity contribution in [2.24, 2.45) is 0 Å². The Bertz CT molecular complexity index is 2980. The van der Waals surface area contributed by atoms with E-state index >= 15 is 0 Å². The van der Waals surface area contributed by atoms with Crippen LogP contribution in [-0.2, 0) is 55.8 Å². The molecule has 0 saturated heterocycles. The molecule has 0 bridgehead atoms. The highest BCUT2D eigenvalue weighted by Crippen LogP contribution is 2.45. The number of hydrogen-bond donors (Lipinski definition) is 4. The number of phosphoric acid groups is 2. The van der Waals surface area contributed by atoms with Crippen molar-refractivity contribution in [2.45, 2.75) is 399 Å². The minimum atomic E-state index is -4.95. The van der Waals surface area contributed by atoms with E-state index < -0.39 is 91.5 Å². The van der Waals surface area contributed by atoms with Gasteiger partial charge in [0.05, 0.1) is 26.4 Å². The molecule has 4 N–H and O–H groups in total. The summed E-state index contributed by atoms with van der Waals surface area (Å²) in [4.78, 5) is 59.1. The summed E-state index contributed by atoms with van der Waals surface area (Å²) >= 11 is 0. The highest BCUT2D eigenvalue weighted by molar-refractivity contribution is 7.47. The lowest BCUT2D eigenvalue weighted by molar-refractivity contribution is -0.161. The fraction of sp³-hybridized carbons (Fsp3) is 0.660. The second kappa shape index (κ2) is 93.5. The predicted molar refractivity (Wildman–Crippen MR) is 509 cm³/mol. The van der Waals surface area contributed by atoms with Gasteiger partial charge in [0.25, 0.3) is 0 Å². The maximum absolute atomic E-state index is 13.1. The van der Waals surface area contributed by atoms with Gasteiger partial charge in [-0.2, -0.15) is 0 Å². The van der Waals surface area contributed by atoms with Gasteiger partial charge in [0, 0.05) is 19.3 Å². The van der Waals surface area contributed by atoms with E-state index in [-0.39, 0.29) is 19.3 Å². The van der Waals surface area contributed by atoms with E-state index in [1.54, 1.807) is 0 Å². The molecule has 121 heavy (non-hydrogen) atoms. The zero-order chi connectivity index (χ0) is 87.9. The second-order valence-corrected chi connectivity index (χ2v) is 34.3. The third-order valence-corrected chi connectivity index (χ3v) is 21.7. The number of phosphoric ester groups is 2. The summed E-state index contributed by atoms with van der Waals surface area (Å²) in [5.74, 6) is -1.59. The molecule has 5 atom stereocenters. The van der Waals surface area contributed by atoms with Crippen LogP contribution in [0.4, 0.5) is 0 Å². The van der Waals surface area contributed by atoms with Gasteiger partial charge in [-0.1, -0.05) is 389 Å². The normalized spacial score (nSPS) is 14.6. The van der Waals surface area contributed by atoms with Crippen molar-refractivity contribution in [1.29, 1.82) is 0 Å². The van der Waals surface area contributed by atoms with Gasteiger partial charge in [0.15, 0.2) is 6.10 Å². The third kappa shape index (κ3) is 94.9. The summed E-state index contributed by atoms with van der Waals surface area (Å²) < 4.78 is 61.6. The lowest BCUT2D eigenvalue weighted by Crippen LogP contribution is -2.30. The maximum atomic E-state index is 13.1. The van der Waals surface area contributed by atoms with Crippen molar-refractivity contribution >= 4 is 33.6 Å². The van der Waals surface area contributed by atoms with E-state index in [0.717, 1.165) is 199 Å².